The monoisotopic (exact) mass is 308 g/mol. The zero-order chi connectivity index (χ0) is 15.6. The number of nitrogens with zero attached hydrogens (tertiary/aromatic N) is 5. The lowest BCUT2D eigenvalue weighted by Crippen LogP contribution is -2.47. The molecule has 4 rings (SSSR count). The van der Waals surface area contributed by atoms with Crippen LogP contribution in [0, 0.1) is 0 Å². The van der Waals surface area contributed by atoms with Crippen molar-refractivity contribution in [3.63, 3.8) is 0 Å². The first-order valence-corrected chi connectivity index (χ1v) is 7.53. The van der Waals surface area contributed by atoms with Crippen LogP contribution >= 0.6 is 0 Å². The smallest absolute Gasteiger partial charge is 0.234 e. The van der Waals surface area contributed by atoms with Gasteiger partial charge in [-0.25, -0.2) is 4.68 Å². The molecule has 7 heteroatoms. The minimum absolute atomic E-state index is 0.0604. The number of benzene rings is 1. The second-order valence-electron chi connectivity index (χ2n) is 5.59. The first-order chi connectivity index (χ1) is 11.3. The van der Waals surface area contributed by atoms with Gasteiger partial charge in [-0.3, -0.25) is 14.7 Å². The first kappa shape index (κ1) is 13.8. The summed E-state index contributed by atoms with van der Waals surface area (Å²) in [5.41, 5.74) is 1.82. The molecule has 1 aromatic carbocycles. The van der Waals surface area contributed by atoms with E-state index in [9.17, 15) is 4.79 Å². The minimum Gasteiger partial charge on any atom is -0.354 e. The molecule has 0 radical (unpaired) electrons. The molecule has 1 saturated heterocycles. The predicted molar refractivity (Wildman–Crippen MR) is 84.9 cm³/mol. The third-order valence-corrected chi connectivity index (χ3v) is 3.95. The van der Waals surface area contributed by atoms with Crippen LogP contribution in [0.5, 0.6) is 0 Å². The molecule has 0 atom stereocenters. The summed E-state index contributed by atoms with van der Waals surface area (Å²) in [5.74, 6) is 0.0604. The number of hydrogen-bond acceptors (Lipinski definition) is 5. The fourth-order valence-electron chi connectivity index (χ4n) is 2.85. The highest BCUT2D eigenvalue weighted by atomic mass is 16.2. The van der Waals surface area contributed by atoms with Crippen molar-refractivity contribution in [2.45, 2.75) is 6.54 Å². The van der Waals surface area contributed by atoms with E-state index in [0.717, 1.165) is 28.7 Å². The third kappa shape index (κ3) is 2.78. The Morgan fingerprint density at radius 2 is 2.22 bits per heavy atom. The number of carbonyl (C=O) groups excluding carboxylic acids is 1. The number of hydrogen-bond donors (Lipinski definition) is 1. The van der Waals surface area contributed by atoms with Crippen LogP contribution in [0.1, 0.15) is 5.69 Å². The molecule has 0 aliphatic carbocycles. The lowest BCUT2D eigenvalue weighted by molar-refractivity contribution is -0.124. The molecule has 0 bridgehead atoms. The van der Waals surface area contributed by atoms with Crippen molar-refractivity contribution in [1.29, 1.82) is 0 Å². The van der Waals surface area contributed by atoms with E-state index in [1.807, 2.05) is 36.7 Å². The fourth-order valence-corrected chi connectivity index (χ4v) is 2.85. The van der Waals surface area contributed by atoms with Gasteiger partial charge in [0.05, 0.1) is 24.1 Å². The molecular formula is C16H16N6O. The van der Waals surface area contributed by atoms with Crippen molar-refractivity contribution in [2.75, 3.05) is 19.6 Å². The number of pyridine rings is 1. The number of aromatic nitrogens is 4. The van der Waals surface area contributed by atoms with Gasteiger partial charge in [0.1, 0.15) is 0 Å². The molecule has 1 aliphatic heterocycles. The van der Waals surface area contributed by atoms with Crippen molar-refractivity contribution in [3.8, 4) is 5.69 Å². The van der Waals surface area contributed by atoms with Gasteiger partial charge in [-0.15, -0.1) is 5.10 Å². The van der Waals surface area contributed by atoms with E-state index in [-0.39, 0.29) is 5.91 Å². The Morgan fingerprint density at radius 3 is 3.13 bits per heavy atom. The first-order valence-electron chi connectivity index (χ1n) is 7.53. The maximum Gasteiger partial charge on any atom is 0.234 e. The Labute approximate surface area is 132 Å². The van der Waals surface area contributed by atoms with Crippen LogP contribution in [-0.4, -0.2) is 50.4 Å². The second-order valence-corrected chi connectivity index (χ2v) is 5.59. The van der Waals surface area contributed by atoms with Gasteiger partial charge in [0.25, 0.3) is 0 Å². The molecule has 23 heavy (non-hydrogen) atoms. The minimum atomic E-state index is 0.0604. The summed E-state index contributed by atoms with van der Waals surface area (Å²) in [5, 5.41) is 13.4. The Kier molecular flexibility index (Phi) is 3.47. The molecule has 3 aromatic rings. The molecule has 7 nitrogen and oxygen atoms in total. The second kappa shape index (κ2) is 5.77. The van der Waals surface area contributed by atoms with E-state index in [0.29, 0.717) is 19.6 Å². The van der Waals surface area contributed by atoms with Crippen molar-refractivity contribution in [3.05, 3.63) is 48.5 Å². The van der Waals surface area contributed by atoms with Gasteiger partial charge in [0.15, 0.2) is 0 Å². The summed E-state index contributed by atoms with van der Waals surface area (Å²) < 4.78 is 1.78. The van der Waals surface area contributed by atoms with Gasteiger partial charge in [0.2, 0.25) is 5.91 Å². The molecule has 1 amide bonds. The summed E-state index contributed by atoms with van der Waals surface area (Å²) in [7, 11) is 0. The molecule has 0 saturated carbocycles. The summed E-state index contributed by atoms with van der Waals surface area (Å²) in [6, 6.07) is 7.99. The largest absolute Gasteiger partial charge is 0.354 e. The van der Waals surface area contributed by atoms with Crippen molar-refractivity contribution in [1.82, 2.24) is 30.2 Å². The Hall–Kier alpha value is -2.80. The zero-order valence-corrected chi connectivity index (χ0v) is 12.5. The number of fused-ring (bicyclic) bond motifs is 1. The fraction of sp³-hybridized carbons (Fsp3) is 0.250. The highest BCUT2D eigenvalue weighted by Gasteiger charge is 2.17. The van der Waals surface area contributed by atoms with Crippen molar-refractivity contribution < 1.29 is 4.79 Å². The lowest BCUT2D eigenvalue weighted by Gasteiger charge is -2.25. The number of carbonyl (C=O) groups is 1. The van der Waals surface area contributed by atoms with Gasteiger partial charge in [0, 0.05) is 42.8 Å². The van der Waals surface area contributed by atoms with E-state index in [1.165, 1.54) is 0 Å². The molecule has 1 fully saturated rings. The molecule has 116 valence electrons. The van der Waals surface area contributed by atoms with Gasteiger partial charge in [-0.05, 0) is 12.1 Å². The van der Waals surface area contributed by atoms with Crippen molar-refractivity contribution in [2.24, 2.45) is 0 Å². The molecule has 0 spiro atoms. The SMILES string of the molecule is O=C1CN(Cc2cn(-c3cccc4cnccc34)nn2)CCN1. The number of nitrogens with one attached hydrogen (secondary N) is 1. The lowest BCUT2D eigenvalue weighted by atomic mass is 10.1. The van der Waals surface area contributed by atoms with Crippen molar-refractivity contribution >= 4 is 16.7 Å². The Balaban J connectivity index is 1.61. The van der Waals surface area contributed by atoms with Gasteiger partial charge < -0.3 is 5.32 Å². The molecule has 1 N–H and O–H groups in total. The topological polar surface area (TPSA) is 75.9 Å². The maximum absolute atomic E-state index is 11.4. The Bertz CT molecular complexity index is 853. The van der Waals surface area contributed by atoms with Crippen LogP contribution in [0.2, 0.25) is 0 Å². The molecule has 2 aromatic heterocycles. The molecule has 3 heterocycles. The van der Waals surface area contributed by atoms with Crippen LogP contribution in [0.4, 0.5) is 0 Å². The van der Waals surface area contributed by atoms with Gasteiger partial charge in [-0.2, -0.15) is 0 Å². The van der Waals surface area contributed by atoms with Gasteiger partial charge >= 0.3 is 0 Å². The van der Waals surface area contributed by atoms with Gasteiger partial charge in [-0.1, -0.05) is 17.3 Å². The highest BCUT2D eigenvalue weighted by molar-refractivity contribution is 5.89. The van der Waals surface area contributed by atoms with Crippen LogP contribution in [0.15, 0.2) is 42.9 Å². The van der Waals surface area contributed by atoms with E-state index < -0.39 is 0 Å². The molecule has 0 unspecified atom stereocenters. The summed E-state index contributed by atoms with van der Waals surface area (Å²) in [6.45, 7) is 2.55. The highest BCUT2D eigenvalue weighted by Crippen LogP contribution is 2.20. The summed E-state index contributed by atoms with van der Waals surface area (Å²) in [6.07, 6.45) is 5.53. The quantitative estimate of drug-likeness (QED) is 0.772. The Morgan fingerprint density at radius 1 is 1.26 bits per heavy atom. The molecular weight excluding hydrogens is 292 g/mol. The van der Waals surface area contributed by atoms with Crippen LogP contribution in [-0.2, 0) is 11.3 Å². The van der Waals surface area contributed by atoms with E-state index >= 15 is 0 Å². The molecule has 1 aliphatic rings. The predicted octanol–water partition coefficient (Wildman–Crippen LogP) is 0.747. The van der Waals surface area contributed by atoms with E-state index in [4.69, 9.17) is 0 Å². The normalized spacial score (nSPS) is 15.7. The number of amides is 1. The average Bonchev–Trinajstić information content (AvgIpc) is 3.02. The number of rotatable bonds is 3. The summed E-state index contributed by atoms with van der Waals surface area (Å²) >= 11 is 0. The van der Waals surface area contributed by atoms with Crippen LogP contribution in [0.3, 0.4) is 0 Å². The summed E-state index contributed by atoms with van der Waals surface area (Å²) in [4.78, 5) is 17.7. The number of piperazine rings is 1. The average molecular weight is 308 g/mol. The maximum atomic E-state index is 11.4. The standard InChI is InChI=1S/C16H16N6O/c23-16-11-21(7-6-18-16)9-13-10-22(20-19-13)15-3-1-2-12-8-17-5-4-14(12)15/h1-5,8,10H,6-7,9,11H2,(H,18,23). The van der Waals surface area contributed by atoms with E-state index in [2.05, 4.69) is 25.5 Å². The third-order valence-electron chi connectivity index (χ3n) is 3.95. The zero-order valence-electron chi connectivity index (χ0n) is 12.5. The van der Waals surface area contributed by atoms with Crippen LogP contribution in [0.25, 0.3) is 16.5 Å². The van der Waals surface area contributed by atoms with Crippen LogP contribution < -0.4 is 5.32 Å². The van der Waals surface area contributed by atoms with E-state index in [1.54, 1.807) is 10.9 Å².